The van der Waals surface area contributed by atoms with Crippen LogP contribution in [0, 0.1) is 0 Å². The van der Waals surface area contributed by atoms with E-state index in [1.165, 1.54) is 22.7 Å². The first-order valence-electron chi connectivity index (χ1n) is 13.2. The first kappa shape index (κ1) is 30.2. The lowest BCUT2D eigenvalue weighted by atomic mass is 10.1. The van der Waals surface area contributed by atoms with E-state index in [0.717, 1.165) is 31.3 Å². The van der Waals surface area contributed by atoms with Crippen LogP contribution < -0.4 is 11.1 Å². The van der Waals surface area contributed by atoms with Gasteiger partial charge < -0.3 is 15.8 Å². The third-order valence-electron chi connectivity index (χ3n) is 6.72. The third-order valence-corrected chi connectivity index (χ3v) is 6.72. The van der Waals surface area contributed by atoms with Crippen LogP contribution in [0.4, 0.5) is 38.1 Å². The molecule has 0 atom stereocenters. The summed E-state index contributed by atoms with van der Waals surface area (Å²) in [7, 11) is 0. The summed E-state index contributed by atoms with van der Waals surface area (Å²) in [6.45, 7) is 3.44. The van der Waals surface area contributed by atoms with E-state index in [1.54, 1.807) is 6.07 Å². The Morgan fingerprint density at radius 2 is 1.70 bits per heavy atom. The van der Waals surface area contributed by atoms with Gasteiger partial charge in [-0.2, -0.15) is 30.9 Å². The first-order valence-corrected chi connectivity index (χ1v) is 13.2. The molecule has 1 saturated heterocycles. The fourth-order valence-corrected chi connectivity index (χ4v) is 4.52. The quantitative estimate of drug-likeness (QED) is 0.162. The van der Waals surface area contributed by atoms with Crippen LogP contribution in [0.2, 0.25) is 0 Å². The molecule has 0 saturated carbocycles. The van der Waals surface area contributed by atoms with Gasteiger partial charge in [0.25, 0.3) is 5.78 Å². The van der Waals surface area contributed by atoms with Crippen molar-refractivity contribution in [1.82, 2.24) is 29.5 Å². The van der Waals surface area contributed by atoms with Crippen LogP contribution in [0.15, 0.2) is 42.5 Å². The second-order valence-electron chi connectivity index (χ2n) is 9.82. The van der Waals surface area contributed by atoms with Gasteiger partial charge in [0, 0.05) is 37.0 Å². The Balaban J connectivity index is 1.34. The van der Waals surface area contributed by atoms with Crippen molar-refractivity contribution in [1.29, 1.82) is 0 Å². The maximum absolute atomic E-state index is 13.1. The van der Waals surface area contributed by atoms with Gasteiger partial charge in [0.1, 0.15) is 5.82 Å². The molecule has 228 valence electrons. The molecule has 3 aromatic heterocycles. The molecule has 0 aliphatic carbocycles. The van der Waals surface area contributed by atoms with Crippen molar-refractivity contribution in [3.8, 4) is 11.3 Å². The SMILES string of the molecule is Nc1nc(CCCNc2nc(-c3ccc(C(F)(F)F)cc3)cc3nc(CN4CCOCC4)nn23)ccc1C(=O)C(F)(F)F. The number of hydrogen-bond donors (Lipinski definition) is 2. The molecule has 1 fully saturated rings. The molecule has 10 nitrogen and oxygen atoms in total. The number of pyridine rings is 1. The van der Waals surface area contributed by atoms with Gasteiger partial charge in [-0.25, -0.2) is 15.0 Å². The summed E-state index contributed by atoms with van der Waals surface area (Å²) in [5, 5.41) is 7.74. The maximum atomic E-state index is 13.1. The monoisotopic (exact) mass is 608 g/mol. The number of fused-ring (bicyclic) bond motifs is 1. The normalized spacial score (nSPS) is 14.7. The number of morpholine rings is 1. The van der Waals surface area contributed by atoms with Crippen LogP contribution in [0.25, 0.3) is 16.9 Å². The number of nitrogen functional groups attached to an aromatic ring is 1. The summed E-state index contributed by atoms with van der Waals surface area (Å²) in [4.78, 5) is 26.8. The number of carbonyl (C=O) groups excluding carboxylic acids is 1. The smallest absolute Gasteiger partial charge is 0.383 e. The molecule has 3 N–H and O–H groups in total. The minimum Gasteiger partial charge on any atom is -0.383 e. The van der Waals surface area contributed by atoms with E-state index >= 15 is 0 Å². The van der Waals surface area contributed by atoms with Crippen LogP contribution in [0.1, 0.15) is 33.9 Å². The lowest BCUT2D eigenvalue weighted by Crippen LogP contribution is -2.35. The number of aromatic nitrogens is 5. The van der Waals surface area contributed by atoms with Gasteiger partial charge in [0.05, 0.1) is 36.6 Å². The average molecular weight is 609 g/mol. The van der Waals surface area contributed by atoms with Crippen LogP contribution >= 0.6 is 0 Å². The van der Waals surface area contributed by atoms with E-state index in [-0.39, 0.29) is 0 Å². The first-order chi connectivity index (χ1) is 20.4. The number of benzene rings is 1. The van der Waals surface area contributed by atoms with Crippen molar-refractivity contribution in [3.05, 3.63) is 65.1 Å². The Labute approximate surface area is 240 Å². The van der Waals surface area contributed by atoms with Gasteiger partial charge in [-0.3, -0.25) is 9.69 Å². The van der Waals surface area contributed by atoms with E-state index in [4.69, 9.17) is 10.5 Å². The number of nitrogens with one attached hydrogen (secondary N) is 1. The van der Waals surface area contributed by atoms with E-state index in [2.05, 4.69) is 30.3 Å². The molecule has 16 heteroatoms. The summed E-state index contributed by atoms with van der Waals surface area (Å²) >= 11 is 0. The number of nitrogens with zero attached hydrogens (tertiary/aromatic N) is 6. The molecular weight excluding hydrogens is 582 g/mol. The number of nitrogens with two attached hydrogens (primary N) is 1. The van der Waals surface area contributed by atoms with Crippen molar-refractivity contribution in [2.75, 3.05) is 43.9 Å². The molecule has 0 amide bonds. The molecular formula is C27H26F6N8O2. The predicted octanol–water partition coefficient (Wildman–Crippen LogP) is 4.41. The molecule has 1 aliphatic rings. The van der Waals surface area contributed by atoms with Crippen molar-refractivity contribution in [2.24, 2.45) is 0 Å². The van der Waals surface area contributed by atoms with Gasteiger partial charge in [-0.1, -0.05) is 12.1 Å². The molecule has 43 heavy (non-hydrogen) atoms. The van der Waals surface area contributed by atoms with Crippen molar-refractivity contribution in [2.45, 2.75) is 31.7 Å². The lowest BCUT2D eigenvalue weighted by Gasteiger charge is -2.25. The predicted molar refractivity (Wildman–Crippen MR) is 143 cm³/mol. The lowest BCUT2D eigenvalue weighted by molar-refractivity contribution is -0.137. The zero-order valence-electron chi connectivity index (χ0n) is 22.5. The van der Waals surface area contributed by atoms with E-state index < -0.39 is 35.1 Å². The molecule has 1 aromatic carbocycles. The number of ether oxygens (including phenoxy) is 1. The van der Waals surface area contributed by atoms with E-state index in [1.807, 2.05) is 0 Å². The average Bonchev–Trinajstić information content (AvgIpc) is 3.37. The maximum Gasteiger partial charge on any atom is 0.455 e. The number of anilines is 2. The number of hydrogen-bond acceptors (Lipinski definition) is 9. The van der Waals surface area contributed by atoms with Crippen molar-refractivity contribution >= 4 is 23.2 Å². The molecule has 0 radical (unpaired) electrons. The standard InChI is InChI=1S/C27H26F6N8O2/c28-26(29,30)17-5-3-16(4-6-17)20-14-22-38-21(15-40-10-12-43-13-11-40)39-41(22)25(37-20)35-9-1-2-18-7-8-19(24(34)36-18)23(42)27(31,32)33/h3-8,14H,1-2,9-13,15H2,(H2,34,36)(H,35,37). The molecule has 4 aromatic rings. The third kappa shape index (κ3) is 7.19. The van der Waals surface area contributed by atoms with Crippen molar-refractivity contribution < 1.29 is 35.9 Å². The van der Waals surface area contributed by atoms with Crippen LogP contribution in [0.5, 0.6) is 0 Å². The minimum atomic E-state index is -5.06. The molecule has 1 aliphatic heterocycles. The van der Waals surface area contributed by atoms with E-state index in [0.29, 0.717) is 73.5 Å². The zero-order valence-corrected chi connectivity index (χ0v) is 22.5. The molecule has 4 heterocycles. The Morgan fingerprint density at radius 1 is 0.977 bits per heavy atom. The fraction of sp³-hybridized carbons (Fsp3) is 0.370. The number of aryl methyl sites for hydroxylation is 1. The zero-order chi connectivity index (χ0) is 30.8. The highest BCUT2D eigenvalue weighted by molar-refractivity contribution is 6.03. The van der Waals surface area contributed by atoms with Crippen LogP contribution in [0.3, 0.4) is 0 Å². The highest BCUT2D eigenvalue weighted by Crippen LogP contribution is 2.31. The summed E-state index contributed by atoms with van der Waals surface area (Å²) < 4.78 is 84.4. The van der Waals surface area contributed by atoms with Gasteiger partial charge in [-0.15, -0.1) is 5.10 Å². The van der Waals surface area contributed by atoms with Crippen LogP contribution in [-0.2, 0) is 23.9 Å². The highest BCUT2D eigenvalue weighted by atomic mass is 19.4. The number of rotatable bonds is 9. The van der Waals surface area contributed by atoms with Gasteiger partial charge >= 0.3 is 12.4 Å². The van der Waals surface area contributed by atoms with E-state index in [9.17, 15) is 31.1 Å². The summed E-state index contributed by atoms with van der Waals surface area (Å²) in [6, 6.07) is 8.58. The van der Waals surface area contributed by atoms with Gasteiger partial charge in [0.15, 0.2) is 11.5 Å². The molecule has 0 spiro atoms. The Kier molecular flexibility index (Phi) is 8.50. The summed E-state index contributed by atoms with van der Waals surface area (Å²) in [5.74, 6) is -1.73. The molecule has 0 bridgehead atoms. The number of Topliss-reactive ketones (excluding diaryl/α,β-unsaturated/α-hetero) is 1. The largest absolute Gasteiger partial charge is 0.455 e. The van der Waals surface area contributed by atoms with Crippen molar-refractivity contribution in [3.63, 3.8) is 0 Å². The molecule has 0 unspecified atom stereocenters. The minimum absolute atomic E-state index is 0.298. The summed E-state index contributed by atoms with van der Waals surface area (Å²) in [5.41, 5.74) is 5.78. The Morgan fingerprint density at radius 3 is 2.35 bits per heavy atom. The topological polar surface area (TPSA) is 124 Å². The second-order valence-corrected chi connectivity index (χ2v) is 9.82. The van der Waals surface area contributed by atoms with Gasteiger partial charge in [-0.05, 0) is 37.1 Å². The number of ketones is 1. The van der Waals surface area contributed by atoms with Gasteiger partial charge in [0.2, 0.25) is 5.95 Å². The Hall–Kier alpha value is -4.31. The Bertz CT molecular complexity index is 1600. The second kappa shape index (κ2) is 12.1. The highest BCUT2D eigenvalue weighted by Gasteiger charge is 2.40. The van der Waals surface area contributed by atoms with Crippen LogP contribution in [-0.4, -0.2) is 74.3 Å². The number of halogens is 6. The number of carbonyl (C=O) groups is 1. The molecule has 5 rings (SSSR count). The number of alkyl halides is 6. The summed E-state index contributed by atoms with van der Waals surface area (Å²) in [6.07, 6.45) is -8.77. The fourth-order valence-electron chi connectivity index (χ4n) is 4.52.